The van der Waals surface area contributed by atoms with Crippen LogP contribution in [0.25, 0.3) is 5.52 Å². The van der Waals surface area contributed by atoms with Crippen LogP contribution in [0, 0.1) is 6.92 Å². The van der Waals surface area contributed by atoms with Crippen LogP contribution in [0.3, 0.4) is 0 Å². The van der Waals surface area contributed by atoms with Crippen molar-refractivity contribution in [2.75, 3.05) is 0 Å². The number of fused-ring (bicyclic) bond motifs is 1. The second-order valence-corrected chi connectivity index (χ2v) is 6.32. The molecule has 0 saturated heterocycles. The van der Waals surface area contributed by atoms with E-state index in [0.717, 1.165) is 21.5 Å². The molecule has 3 aromatic rings. The third-order valence-corrected chi connectivity index (χ3v) is 4.40. The van der Waals surface area contributed by atoms with E-state index in [-0.39, 0.29) is 5.91 Å². The van der Waals surface area contributed by atoms with Gasteiger partial charge in [-0.05, 0) is 54.0 Å². The summed E-state index contributed by atoms with van der Waals surface area (Å²) in [6, 6.07) is 13.4. The van der Waals surface area contributed by atoms with E-state index in [4.69, 9.17) is 4.74 Å². The summed E-state index contributed by atoms with van der Waals surface area (Å²) in [5.74, 6) is 1.36. The first-order valence-electron chi connectivity index (χ1n) is 7.67. The predicted octanol–water partition coefficient (Wildman–Crippen LogP) is 3.49. The molecule has 0 unspecified atom stereocenters. The van der Waals surface area contributed by atoms with E-state index in [9.17, 15) is 4.79 Å². The molecule has 3 rings (SSSR count). The molecular formula is C18H18BrN3O2. The first-order valence-corrected chi connectivity index (χ1v) is 8.47. The summed E-state index contributed by atoms with van der Waals surface area (Å²) >= 11 is 3.41. The molecule has 0 aliphatic rings. The van der Waals surface area contributed by atoms with Crippen LogP contribution in [0.15, 0.2) is 53.1 Å². The molecule has 124 valence electrons. The fraction of sp³-hybridized carbons (Fsp3) is 0.222. The van der Waals surface area contributed by atoms with Crippen LogP contribution in [-0.4, -0.2) is 21.4 Å². The largest absolute Gasteiger partial charge is 0.480 e. The number of carbonyl (C=O) groups is 1. The number of hydrogen-bond donors (Lipinski definition) is 1. The number of aromatic nitrogens is 2. The molecule has 2 heterocycles. The Bertz CT molecular complexity index is 876. The van der Waals surface area contributed by atoms with E-state index in [1.54, 1.807) is 6.92 Å². The number of hydrogen-bond acceptors (Lipinski definition) is 3. The predicted molar refractivity (Wildman–Crippen MR) is 96.0 cm³/mol. The number of nitrogens with one attached hydrogen (secondary N) is 1. The summed E-state index contributed by atoms with van der Waals surface area (Å²) in [6.45, 7) is 4.03. The minimum atomic E-state index is -0.598. The van der Waals surface area contributed by atoms with Gasteiger partial charge >= 0.3 is 0 Å². The lowest BCUT2D eigenvalue weighted by Gasteiger charge is -2.15. The van der Waals surface area contributed by atoms with E-state index in [0.29, 0.717) is 12.3 Å². The van der Waals surface area contributed by atoms with Gasteiger partial charge in [0.2, 0.25) is 0 Å². The van der Waals surface area contributed by atoms with Crippen molar-refractivity contribution < 1.29 is 9.53 Å². The van der Waals surface area contributed by atoms with Crippen LogP contribution >= 0.6 is 15.9 Å². The highest BCUT2D eigenvalue weighted by molar-refractivity contribution is 9.10. The van der Waals surface area contributed by atoms with Crippen molar-refractivity contribution in [2.24, 2.45) is 0 Å². The van der Waals surface area contributed by atoms with Gasteiger partial charge in [-0.15, -0.1) is 0 Å². The van der Waals surface area contributed by atoms with E-state index < -0.39 is 6.10 Å². The molecule has 0 aliphatic carbocycles. The summed E-state index contributed by atoms with van der Waals surface area (Å²) in [5.41, 5.74) is 1.84. The Kier molecular flexibility index (Phi) is 4.85. The first kappa shape index (κ1) is 16.5. The minimum Gasteiger partial charge on any atom is -0.480 e. The van der Waals surface area contributed by atoms with Gasteiger partial charge < -0.3 is 14.5 Å². The van der Waals surface area contributed by atoms with Crippen molar-refractivity contribution in [3.63, 3.8) is 0 Å². The summed E-state index contributed by atoms with van der Waals surface area (Å²) < 4.78 is 8.53. The normalized spacial score (nSPS) is 12.1. The van der Waals surface area contributed by atoms with Crippen LogP contribution in [0.2, 0.25) is 0 Å². The molecule has 0 saturated carbocycles. The van der Waals surface area contributed by atoms with Gasteiger partial charge in [0.1, 0.15) is 11.6 Å². The fourth-order valence-corrected chi connectivity index (χ4v) is 2.87. The molecule has 1 amide bonds. The molecule has 1 N–H and O–H groups in total. The number of nitrogens with zero attached hydrogens (tertiary/aromatic N) is 2. The Morgan fingerprint density at radius 2 is 2.04 bits per heavy atom. The maximum absolute atomic E-state index is 12.3. The zero-order valence-corrected chi connectivity index (χ0v) is 15.1. The standard InChI is InChI=1S/C18H18BrN3O2/c1-12(24-17-9-4-3-7-14(17)19)18(23)20-11-15-16-8-5-6-10-22(16)13(2)21-15/h3-10,12H,11H2,1-2H3,(H,20,23)/t12-/m0/s1. The minimum absolute atomic E-state index is 0.180. The van der Waals surface area contributed by atoms with Crippen molar-refractivity contribution >= 4 is 27.4 Å². The molecule has 0 spiro atoms. The lowest BCUT2D eigenvalue weighted by Crippen LogP contribution is -2.36. The molecule has 0 aliphatic heterocycles. The van der Waals surface area contributed by atoms with Gasteiger partial charge in [-0.25, -0.2) is 4.98 Å². The third kappa shape index (κ3) is 3.43. The summed E-state index contributed by atoms with van der Waals surface area (Å²) in [4.78, 5) is 16.8. The van der Waals surface area contributed by atoms with E-state index in [1.807, 2.05) is 60.0 Å². The first-order chi connectivity index (χ1) is 11.6. The second-order valence-electron chi connectivity index (χ2n) is 5.47. The molecular weight excluding hydrogens is 370 g/mol. The Morgan fingerprint density at radius 3 is 2.83 bits per heavy atom. The summed E-state index contributed by atoms with van der Waals surface area (Å²) in [6.07, 6.45) is 1.36. The zero-order valence-electron chi connectivity index (χ0n) is 13.5. The maximum Gasteiger partial charge on any atom is 0.261 e. The SMILES string of the molecule is Cc1nc(CNC(=O)[C@H](C)Oc2ccccc2Br)c2ccccn12. The van der Waals surface area contributed by atoms with Gasteiger partial charge in [-0.3, -0.25) is 4.79 Å². The van der Waals surface area contributed by atoms with E-state index in [2.05, 4.69) is 26.2 Å². The van der Waals surface area contributed by atoms with Gasteiger partial charge in [-0.1, -0.05) is 18.2 Å². The third-order valence-electron chi connectivity index (χ3n) is 3.74. The van der Waals surface area contributed by atoms with Crippen LogP contribution in [0.1, 0.15) is 18.4 Å². The van der Waals surface area contributed by atoms with Crippen LogP contribution < -0.4 is 10.1 Å². The Balaban J connectivity index is 1.65. The topological polar surface area (TPSA) is 55.6 Å². The second kappa shape index (κ2) is 7.05. The van der Waals surface area contributed by atoms with Crippen molar-refractivity contribution in [2.45, 2.75) is 26.5 Å². The highest BCUT2D eigenvalue weighted by Crippen LogP contribution is 2.24. The van der Waals surface area contributed by atoms with E-state index in [1.165, 1.54) is 0 Å². The summed E-state index contributed by atoms with van der Waals surface area (Å²) in [5, 5.41) is 2.89. The molecule has 0 bridgehead atoms. The number of amides is 1. The average molecular weight is 388 g/mol. The molecule has 0 radical (unpaired) electrons. The van der Waals surface area contributed by atoms with Crippen molar-refractivity contribution in [1.29, 1.82) is 0 Å². The van der Waals surface area contributed by atoms with Gasteiger partial charge in [0, 0.05) is 6.20 Å². The van der Waals surface area contributed by atoms with Crippen molar-refractivity contribution in [1.82, 2.24) is 14.7 Å². The van der Waals surface area contributed by atoms with Gasteiger partial charge in [0.05, 0.1) is 22.2 Å². The maximum atomic E-state index is 12.3. The summed E-state index contributed by atoms with van der Waals surface area (Å²) in [7, 11) is 0. The number of aryl methyl sites for hydroxylation is 1. The number of para-hydroxylation sites is 1. The number of rotatable bonds is 5. The van der Waals surface area contributed by atoms with Gasteiger partial charge in [0.25, 0.3) is 5.91 Å². The lowest BCUT2D eigenvalue weighted by molar-refractivity contribution is -0.127. The number of benzene rings is 1. The highest BCUT2D eigenvalue weighted by Gasteiger charge is 2.17. The molecule has 0 fully saturated rings. The average Bonchev–Trinajstić information content (AvgIpc) is 2.91. The van der Waals surface area contributed by atoms with E-state index >= 15 is 0 Å². The number of pyridine rings is 1. The molecule has 6 heteroatoms. The smallest absolute Gasteiger partial charge is 0.261 e. The molecule has 5 nitrogen and oxygen atoms in total. The van der Waals surface area contributed by atoms with Crippen LogP contribution in [-0.2, 0) is 11.3 Å². The highest BCUT2D eigenvalue weighted by atomic mass is 79.9. The van der Waals surface area contributed by atoms with Gasteiger partial charge in [-0.2, -0.15) is 0 Å². The Labute approximate surface area is 148 Å². The lowest BCUT2D eigenvalue weighted by atomic mass is 10.3. The number of carbonyl (C=O) groups excluding carboxylic acids is 1. The molecule has 1 atom stereocenters. The zero-order chi connectivity index (χ0) is 17.1. The number of halogens is 1. The van der Waals surface area contributed by atoms with Crippen LogP contribution in [0.4, 0.5) is 0 Å². The number of imidazole rings is 1. The molecule has 24 heavy (non-hydrogen) atoms. The Morgan fingerprint density at radius 1 is 1.29 bits per heavy atom. The van der Waals surface area contributed by atoms with Crippen molar-refractivity contribution in [3.8, 4) is 5.75 Å². The number of ether oxygens (including phenoxy) is 1. The van der Waals surface area contributed by atoms with Crippen LogP contribution in [0.5, 0.6) is 5.75 Å². The van der Waals surface area contributed by atoms with Gasteiger partial charge in [0.15, 0.2) is 6.10 Å². The monoisotopic (exact) mass is 387 g/mol. The fourth-order valence-electron chi connectivity index (χ4n) is 2.50. The Hall–Kier alpha value is -2.34. The molecule has 2 aromatic heterocycles. The van der Waals surface area contributed by atoms with Crippen molar-refractivity contribution in [3.05, 3.63) is 64.7 Å². The molecule has 1 aromatic carbocycles. The quantitative estimate of drug-likeness (QED) is 0.728.